The molecule has 0 spiro atoms. The van der Waals surface area contributed by atoms with Crippen LogP contribution in [0.2, 0.25) is 0 Å². The van der Waals surface area contributed by atoms with E-state index in [0.717, 1.165) is 0 Å². The van der Waals surface area contributed by atoms with Gasteiger partial charge < -0.3 is 14.6 Å². The summed E-state index contributed by atoms with van der Waals surface area (Å²) in [5, 5.41) is 16.4. The van der Waals surface area contributed by atoms with Crippen molar-refractivity contribution in [3.05, 3.63) is 0 Å². The quantitative estimate of drug-likeness (QED) is 0.288. The summed E-state index contributed by atoms with van der Waals surface area (Å²) in [4.78, 5) is 0. The summed E-state index contributed by atoms with van der Waals surface area (Å²) < 4.78 is 4.40. The summed E-state index contributed by atoms with van der Waals surface area (Å²) >= 11 is 5.12. The van der Waals surface area contributed by atoms with Crippen LogP contribution in [0.1, 0.15) is 0 Å². The van der Waals surface area contributed by atoms with Gasteiger partial charge in [0, 0.05) is 0 Å². The van der Waals surface area contributed by atoms with E-state index in [1.807, 2.05) is 0 Å². The van der Waals surface area contributed by atoms with Crippen LogP contribution >= 0.6 is 11.1 Å². The van der Waals surface area contributed by atoms with Crippen LogP contribution in [0.3, 0.4) is 0 Å². The largest absolute Gasteiger partial charge is 0.391 e. The molecular weight excluding hydrogens is 136 g/mol. The van der Waals surface area contributed by atoms with Gasteiger partial charge in [0.15, 0.2) is 6.29 Å². The van der Waals surface area contributed by atoms with Gasteiger partial charge in [-0.3, -0.25) is 0 Å². The first-order chi connectivity index (χ1) is 3.31. The molecule has 0 aliphatic carbocycles. The Hall–Kier alpha value is 0.387. The Bertz CT molecular complexity index is 43.9. The molecule has 0 radical (unpaired) electrons. The maximum Gasteiger partial charge on any atom is 0.261 e. The van der Waals surface area contributed by atoms with Crippen LogP contribution in [0.5, 0.6) is 0 Å². The molecule has 5 heteroatoms. The van der Waals surface area contributed by atoms with Crippen LogP contribution in [-0.2, 0) is 4.43 Å². The molecule has 0 aromatic heterocycles. The fourth-order valence-corrected chi connectivity index (χ4v) is 0.813. The number of aliphatic hydroxyl groups excluding tert-OH is 2. The molecule has 0 heterocycles. The predicted octanol–water partition coefficient (Wildman–Crippen LogP) is -1.45. The lowest BCUT2D eigenvalue weighted by Crippen LogP contribution is -2.16. The molecule has 0 bridgehead atoms. The Labute approximate surface area is 48.5 Å². The third-order valence-corrected chi connectivity index (χ3v) is 1.30. The van der Waals surface area contributed by atoms with Crippen molar-refractivity contribution in [2.24, 2.45) is 0 Å². The van der Waals surface area contributed by atoms with Crippen molar-refractivity contribution in [3.8, 4) is 0 Å². The lowest BCUT2D eigenvalue weighted by Gasteiger charge is -2.03. The molecular formula is C2H7ClO3Si. The van der Waals surface area contributed by atoms with Crippen LogP contribution < -0.4 is 0 Å². The summed E-state index contributed by atoms with van der Waals surface area (Å²) in [5.74, 6) is 0. The second kappa shape index (κ2) is 4.54. The van der Waals surface area contributed by atoms with Crippen LogP contribution in [0.25, 0.3) is 0 Å². The van der Waals surface area contributed by atoms with E-state index in [0.29, 0.717) is 0 Å². The highest BCUT2D eigenvalue weighted by molar-refractivity contribution is 6.89. The van der Waals surface area contributed by atoms with Gasteiger partial charge in [0.25, 0.3) is 9.07 Å². The molecule has 7 heavy (non-hydrogen) atoms. The van der Waals surface area contributed by atoms with Crippen molar-refractivity contribution in [1.29, 1.82) is 0 Å². The Morgan fingerprint density at radius 2 is 2.43 bits per heavy atom. The number of hydrogen-bond donors (Lipinski definition) is 2. The third kappa shape index (κ3) is 4.24. The molecule has 44 valence electrons. The summed E-state index contributed by atoms with van der Waals surface area (Å²) in [5.41, 5.74) is 0. The van der Waals surface area contributed by atoms with Gasteiger partial charge in [-0.15, -0.1) is 11.1 Å². The fourth-order valence-electron chi connectivity index (χ4n) is 0.125. The number of halogens is 1. The van der Waals surface area contributed by atoms with Gasteiger partial charge in [-0.05, 0) is 0 Å². The molecule has 0 rings (SSSR count). The van der Waals surface area contributed by atoms with Gasteiger partial charge in [-0.1, -0.05) is 0 Å². The maximum absolute atomic E-state index is 8.34. The average molecular weight is 143 g/mol. The minimum Gasteiger partial charge on any atom is -0.391 e. The van der Waals surface area contributed by atoms with Gasteiger partial charge in [-0.25, -0.2) is 0 Å². The molecule has 1 unspecified atom stereocenters. The highest BCUT2D eigenvalue weighted by atomic mass is 35.6. The van der Waals surface area contributed by atoms with E-state index in [2.05, 4.69) is 4.43 Å². The normalized spacial score (nSPS) is 15.9. The zero-order valence-electron chi connectivity index (χ0n) is 3.67. The van der Waals surface area contributed by atoms with E-state index in [-0.39, 0.29) is 6.61 Å². The predicted molar refractivity (Wildman–Crippen MR) is 28.6 cm³/mol. The highest BCUT2D eigenvalue weighted by Crippen LogP contribution is 1.82. The smallest absolute Gasteiger partial charge is 0.261 e. The number of rotatable bonds is 3. The summed E-state index contributed by atoms with van der Waals surface area (Å²) in [6.45, 7) is -0.375. The summed E-state index contributed by atoms with van der Waals surface area (Å²) in [6.07, 6.45) is -1.07. The number of aliphatic hydroxyl groups is 2. The zero-order valence-corrected chi connectivity index (χ0v) is 5.84. The molecule has 0 aromatic carbocycles. The highest BCUT2D eigenvalue weighted by Gasteiger charge is 1.96. The first kappa shape index (κ1) is 7.39. The van der Waals surface area contributed by atoms with E-state index in [1.165, 1.54) is 0 Å². The van der Waals surface area contributed by atoms with Gasteiger partial charge >= 0.3 is 0 Å². The second-order valence-electron chi connectivity index (χ2n) is 0.913. The summed E-state index contributed by atoms with van der Waals surface area (Å²) in [6, 6.07) is 0. The Morgan fingerprint density at radius 3 is 2.57 bits per heavy atom. The van der Waals surface area contributed by atoms with E-state index >= 15 is 0 Å². The molecule has 0 aliphatic rings. The van der Waals surface area contributed by atoms with Crippen LogP contribution in [0.4, 0.5) is 0 Å². The molecule has 0 saturated carbocycles. The average Bonchev–Trinajstić information content (AvgIpc) is 1.68. The van der Waals surface area contributed by atoms with E-state index in [4.69, 9.17) is 21.3 Å². The second-order valence-corrected chi connectivity index (χ2v) is 2.12. The van der Waals surface area contributed by atoms with Gasteiger partial charge in [0.05, 0.1) is 6.61 Å². The minimum atomic E-state index is -1.08. The molecule has 0 amide bonds. The topological polar surface area (TPSA) is 49.7 Å². The van der Waals surface area contributed by atoms with Crippen molar-refractivity contribution < 1.29 is 14.6 Å². The van der Waals surface area contributed by atoms with Crippen molar-refractivity contribution in [1.82, 2.24) is 0 Å². The van der Waals surface area contributed by atoms with Crippen LogP contribution in [0, 0.1) is 0 Å². The zero-order chi connectivity index (χ0) is 5.70. The molecule has 0 aromatic rings. The van der Waals surface area contributed by atoms with Crippen molar-refractivity contribution >= 4 is 20.2 Å². The fraction of sp³-hybridized carbons (Fsp3) is 1.00. The molecule has 0 fully saturated rings. The molecule has 2 N–H and O–H groups in total. The van der Waals surface area contributed by atoms with E-state index in [1.54, 1.807) is 0 Å². The number of hydrogen-bond acceptors (Lipinski definition) is 3. The van der Waals surface area contributed by atoms with Crippen molar-refractivity contribution in [2.45, 2.75) is 6.29 Å². The third-order valence-electron chi connectivity index (χ3n) is 0.412. The molecule has 1 atom stereocenters. The van der Waals surface area contributed by atoms with Crippen molar-refractivity contribution in [2.75, 3.05) is 6.61 Å². The molecule has 3 nitrogen and oxygen atoms in total. The lowest BCUT2D eigenvalue weighted by molar-refractivity contribution is -0.0517. The van der Waals surface area contributed by atoms with E-state index < -0.39 is 15.4 Å². The standard InChI is InChI=1S/C2H7ClO3Si/c3-7-6-2(5)1-4/h2,4-5H,1,7H2. The minimum absolute atomic E-state index is 0.375. The van der Waals surface area contributed by atoms with Crippen LogP contribution in [0.15, 0.2) is 0 Å². The van der Waals surface area contributed by atoms with Crippen LogP contribution in [-0.4, -0.2) is 32.2 Å². The first-order valence-corrected chi connectivity index (χ1v) is 4.49. The Balaban J connectivity index is 2.83. The maximum atomic E-state index is 8.34. The van der Waals surface area contributed by atoms with Gasteiger partial charge in [-0.2, -0.15) is 0 Å². The molecule has 0 aliphatic heterocycles. The van der Waals surface area contributed by atoms with Crippen molar-refractivity contribution in [3.63, 3.8) is 0 Å². The van der Waals surface area contributed by atoms with E-state index in [9.17, 15) is 0 Å². The summed E-state index contributed by atoms with van der Waals surface area (Å²) in [7, 11) is -1.08. The van der Waals surface area contributed by atoms with Gasteiger partial charge in [0.2, 0.25) is 0 Å². The first-order valence-electron chi connectivity index (χ1n) is 1.77. The Kier molecular flexibility index (Phi) is 4.79. The SMILES string of the molecule is OCC(O)O[SiH2]Cl. The Morgan fingerprint density at radius 1 is 1.86 bits per heavy atom. The molecule has 0 saturated heterocycles. The monoisotopic (exact) mass is 142 g/mol. The lowest BCUT2D eigenvalue weighted by atomic mass is 10.7. The van der Waals surface area contributed by atoms with Gasteiger partial charge in [0.1, 0.15) is 0 Å².